The molecule has 0 saturated heterocycles. The summed E-state index contributed by atoms with van der Waals surface area (Å²) < 4.78 is 0. The summed E-state index contributed by atoms with van der Waals surface area (Å²) in [6.07, 6.45) is 0.928. The zero-order valence-corrected chi connectivity index (χ0v) is 12.5. The summed E-state index contributed by atoms with van der Waals surface area (Å²) in [4.78, 5) is 14.2. The largest absolute Gasteiger partial charge is 0.355 e. The van der Waals surface area contributed by atoms with E-state index in [2.05, 4.69) is 45.7 Å². The highest BCUT2D eigenvalue weighted by Crippen LogP contribution is 2.24. The summed E-state index contributed by atoms with van der Waals surface area (Å²) >= 11 is 3.49. The third-order valence-corrected chi connectivity index (χ3v) is 4.64. The molecule has 1 amide bonds. The lowest BCUT2D eigenvalue weighted by Gasteiger charge is -2.16. The van der Waals surface area contributed by atoms with Crippen LogP contribution in [-0.4, -0.2) is 19.0 Å². The Morgan fingerprint density at radius 1 is 1.26 bits per heavy atom. The molecule has 0 saturated carbocycles. The van der Waals surface area contributed by atoms with E-state index in [-0.39, 0.29) is 11.9 Å². The minimum absolute atomic E-state index is 0.0511. The molecule has 2 heterocycles. The second-order valence-electron chi connectivity index (χ2n) is 4.19. The Morgan fingerprint density at radius 2 is 2.05 bits per heavy atom. The number of likely N-dealkylation sites (N-methyl/N-ethyl adjacent to an activating group) is 1. The van der Waals surface area contributed by atoms with Crippen LogP contribution in [0.25, 0.3) is 0 Å². The molecule has 0 fully saturated rings. The lowest BCUT2D eigenvalue weighted by Crippen LogP contribution is -2.36. The molecule has 19 heavy (non-hydrogen) atoms. The van der Waals surface area contributed by atoms with Crippen LogP contribution >= 0.6 is 22.7 Å². The fourth-order valence-corrected chi connectivity index (χ4v) is 3.42. The van der Waals surface area contributed by atoms with E-state index in [4.69, 9.17) is 0 Å². The summed E-state index contributed by atoms with van der Waals surface area (Å²) in [7, 11) is 0. The van der Waals surface area contributed by atoms with Crippen LogP contribution in [0.1, 0.15) is 22.7 Å². The van der Waals surface area contributed by atoms with E-state index >= 15 is 0 Å². The molecule has 0 aromatic carbocycles. The summed E-state index contributed by atoms with van der Waals surface area (Å²) in [5, 5.41) is 10.3. The molecular formula is C14H18N2OS2. The monoisotopic (exact) mass is 294 g/mol. The molecule has 2 aromatic heterocycles. The van der Waals surface area contributed by atoms with Gasteiger partial charge in [-0.2, -0.15) is 0 Å². The van der Waals surface area contributed by atoms with Crippen molar-refractivity contribution < 1.29 is 4.79 Å². The van der Waals surface area contributed by atoms with Gasteiger partial charge in [0.15, 0.2) is 0 Å². The molecule has 5 heteroatoms. The first kappa shape index (κ1) is 14.2. The molecule has 0 radical (unpaired) electrons. The number of thiophene rings is 2. The Kier molecular flexibility index (Phi) is 5.57. The summed E-state index contributed by atoms with van der Waals surface area (Å²) in [5.41, 5.74) is 0. The third-order valence-electron chi connectivity index (χ3n) is 2.76. The molecule has 0 aliphatic carbocycles. The van der Waals surface area contributed by atoms with Crippen molar-refractivity contribution in [3.05, 3.63) is 44.8 Å². The minimum Gasteiger partial charge on any atom is -0.355 e. The molecule has 0 spiro atoms. The van der Waals surface area contributed by atoms with Crippen LogP contribution in [-0.2, 0) is 11.2 Å². The predicted octanol–water partition coefficient (Wildman–Crippen LogP) is 2.82. The summed E-state index contributed by atoms with van der Waals surface area (Å²) in [6.45, 7) is 2.97. The van der Waals surface area contributed by atoms with E-state index in [1.807, 2.05) is 6.92 Å². The van der Waals surface area contributed by atoms with Gasteiger partial charge in [0.05, 0.1) is 6.54 Å². The van der Waals surface area contributed by atoms with Gasteiger partial charge in [-0.05, 0) is 29.8 Å². The Balaban J connectivity index is 1.97. The fraction of sp³-hybridized carbons (Fsp3) is 0.357. The predicted molar refractivity (Wildman–Crippen MR) is 81.8 cm³/mol. The van der Waals surface area contributed by atoms with E-state index in [9.17, 15) is 4.79 Å². The SMILES string of the molecule is CCNC(=O)CNC(Cc1cccs1)c1cccs1. The molecule has 0 bridgehead atoms. The Morgan fingerprint density at radius 3 is 2.68 bits per heavy atom. The molecule has 0 aliphatic rings. The maximum atomic E-state index is 11.6. The van der Waals surface area contributed by atoms with Gasteiger partial charge in [0.25, 0.3) is 0 Å². The van der Waals surface area contributed by atoms with Crippen LogP contribution < -0.4 is 10.6 Å². The minimum atomic E-state index is 0.0511. The van der Waals surface area contributed by atoms with Gasteiger partial charge >= 0.3 is 0 Å². The lowest BCUT2D eigenvalue weighted by atomic mass is 10.1. The molecular weight excluding hydrogens is 276 g/mol. The molecule has 1 atom stereocenters. The van der Waals surface area contributed by atoms with Gasteiger partial charge in [0.1, 0.15) is 0 Å². The summed E-state index contributed by atoms with van der Waals surface area (Å²) in [5.74, 6) is 0.0511. The van der Waals surface area contributed by atoms with Crippen molar-refractivity contribution in [3.63, 3.8) is 0 Å². The van der Waals surface area contributed by atoms with Gasteiger partial charge in [-0.15, -0.1) is 22.7 Å². The van der Waals surface area contributed by atoms with Crippen LogP contribution in [0.3, 0.4) is 0 Å². The van der Waals surface area contributed by atoms with Crippen molar-refractivity contribution in [1.29, 1.82) is 0 Å². The average molecular weight is 294 g/mol. The van der Waals surface area contributed by atoms with Crippen LogP contribution in [0.5, 0.6) is 0 Å². The Bertz CT molecular complexity index is 480. The molecule has 1 unspecified atom stereocenters. The van der Waals surface area contributed by atoms with Gasteiger partial charge in [0.2, 0.25) is 5.91 Å². The van der Waals surface area contributed by atoms with Gasteiger partial charge in [-0.3, -0.25) is 4.79 Å². The van der Waals surface area contributed by atoms with Crippen LogP contribution in [0.4, 0.5) is 0 Å². The fourth-order valence-electron chi connectivity index (χ4n) is 1.87. The van der Waals surface area contributed by atoms with Crippen molar-refractivity contribution in [2.45, 2.75) is 19.4 Å². The van der Waals surface area contributed by atoms with Gasteiger partial charge in [-0.1, -0.05) is 12.1 Å². The van der Waals surface area contributed by atoms with Gasteiger partial charge in [0, 0.05) is 28.8 Å². The van der Waals surface area contributed by atoms with E-state index in [0.717, 1.165) is 6.42 Å². The standard InChI is InChI=1S/C14H18N2OS2/c1-2-15-14(17)10-16-12(13-6-4-8-19-13)9-11-5-3-7-18-11/h3-8,12,16H,2,9-10H2,1H3,(H,15,17). The molecule has 2 rings (SSSR count). The van der Waals surface area contributed by atoms with Crippen LogP contribution in [0, 0.1) is 0 Å². The van der Waals surface area contributed by atoms with Crippen molar-refractivity contribution in [3.8, 4) is 0 Å². The maximum Gasteiger partial charge on any atom is 0.233 e. The van der Waals surface area contributed by atoms with E-state index < -0.39 is 0 Å². The number of rotatable bonds is 7. The number of hydrogen-bond acceptors (Lipinski definition) is 4. The van der Waals surface area contributed by atoms with E-state index in [1.165, 1.54) is 9.75 Å². The van der Waals surface area contributed by atoms with Gasteiger partial charge < -0.3 is 10.6 Å². The molecule has 2 N–H and O–H groups in total. The number of hydrogen-bond donors (Lipinski definition) is 2. The smallest absolute Gasteiger partial charge is 0.233 e. The number of amides is 1. The maximum absolute atomic E-state index is 11.6. The zero-order valence-electron chi connectivity index (χ0n) is 10.9. The average Bonchev–Trinajstić information content (AvgIpc) is 3.07. The highest BCUT2D eigenvalue weighted by atomic mass is 32.1. The highest BCUT2D eigenvalue weighted by molar-refractivity contribution is 7.10. The van der Waals surface area contributed by atoms with E-state index in [1.54, 1.807) is 22.7 Å². The lowest BCUT2D eigenvalue weighted by molar-refractivity contribution is -0.120. The van der Waals surface area contributed by atoms with Gasteiger partial charge in [-0.25, -0.2) is 0 Å². The zero-order chi connectivity index (χ0) is 13.5. The number of carbonyl (C=O) groups excluding carboxylic acids is 1. The van der Waals surface area contributed by atoms with Crippen molar-refractivity contribution in [2.75, 3.05) is 13.1 Å². The normalized spacial score (nSPS) is 12.3. The summed E-state index contributed by atoms with van der Waals surface area (Å²) in [6, 6.07) is 8.58. The second-order valence-corrected chi connectivity index (χ2v) is 6.20. The Labute approximate surface area is 121 Å². The number of carbonyl (C=O) groups is 1. The van der Waals surface area contributed by atoms with Crippen molar-refractivity contribution in [1.82, 2.24) is 10.6 Å². The number of nitrogens with one attached hydrogen (secondary N) is 2. The molecule has 3 nitrogen and oxygen atoms in total. The first-order chi connectivity index (χ1) is 9.29. The first-order valence-electron chi connectivity index (χ1n) is 6.35. The quantitative estimate of drug-likeness (QED) is 0.824. The van der Waals surface area contributed by atoms with Crippen LogP contribution in [0.2, 0.25) is 0 Å². The Hall–Kier alpha value is -1.17. The molecule has 0 aliphatic heterocycles. The molecule has 2 aromatic rings. The second kappa shape index (κ2) is 7.43. The highest BCUT2D eigenvalue weighted by Gasteiger charge is 2.14. The molecule has 102 valence electrons. The van der Waals surface area contributed by atoms with E-state index in [0.29, 0.717) is 13.1 Å². The van der Waals surface area contributed by atoms with Crippen molar-refractivity contribution >= 4 is 28.6 Å². The third kappa shape index (κ3) is 4.45. The van der Waals surface area contributed by atoms with Crippen molar-refractivity contribution in [2.24, 2.45) is 0 Å². The first-order valence-corrected chi connectivity index (χ1v) is 8.11. The topological polar surface area (TPSA) is 41.1 Å². The van der Waals surface area contributed by atoms with Crippen LogP contribution in [0.15, 0.2) is 35.0 Å².